The number of phenols is 1. The third-order valence-electron chi connectivity index (χ3n) is 2.84. The van der Waals surface area contributed by atoms with Gasteiger partial charge in [0.2, 0.25) is 0 Å². The van der Waals surface area contributed by atoms with Crippen LogP contribution < -0.4 is 9.47 Å². The van der Waals surface area contributed by atoms with Crippen molar-refractivity contribution >= 4 is 15.9 Å². The summed E-state index contributed by atoms with van der Waals surface area (Å²) in [5.74, 6) is 1.32. The highest BCUT2D eigenvalue weighted by atomic mass is 79.9. The first-order valence-corrected chi connectivity index (χ1v) is 6.65. The van der Waals surface area contributed by atoms with Gasteiger partial charge < -0.3 is 14.6 Å². The number of hydrogen-bond acceptors (Lipinski definition) is 3. The molecule has 0 aromatic heterocycles. The van der Waals surface area contributed by atoms with Crippen molar-refractivity contribution < 1.29 is 14.6 Å². The fraction of sp³-hybridized carbons (Fsp3) is 0.200. The summed E-state index contributed by atoms with van der Waals surface area (Å²) in [7, 11) is 1.56. The molecule has 0 aliphatic rings. The zero-order valence-electron chi connectivity index (χ0n) is 10.8. The molecular weight excluding hydrogens is 308 g/mol. The van der Waals surface area contributed by atoms with E-state index in [1.807, 2.05) is 30.3 Å². The molecule has 0 bridgehead atoms. The van der Waals surface area contributed by atoms with Gasteiger partial charge in [0.25, 0.3) is 0 Å². The molecule has 2 aromatic carbocycles. The molecule has 0 aliphatic carbocycles. The van der Waals surface area contributed by atoms with E-state index in [4.69, 9.17) is 9.47 Å². The van der Waals surface area contributed by atoms with E-state index in [-0.39, 0.29) is 5.75 Å². The van der Waals surface area contributed by atoms with Crippen LogP contribution in [0.2, 0.25) is 0 Å². The number of methoxy groups -OCH3 is 1. The maximum atomic E-state index is 9.76. The second-order valence-electron chi connectivity index (χ2n) is 4.14. The lowest BCUT2D eigenvalue weighted by Gasteiger charge is -2.15. The molecule has 0 aliphatic heterocycles. The van der Waals surface area contributed by atoms with Crippen LogP contribution in [0.1, 0.15) is 11.1 Å². The largest absolute Gasteiger partial charge is 0.507 e. The fourth-order valence-corrected chi connectivity index (χ4v) is 2.31. The maximum absolute atomic E-state index is 9.76. The van der Waals surface area contributed by atoms with Crippen molar-refractivity contribution in [1.82, 2.24) is 0 Å². The number of phenolic OH excluding ortho intramolecular Hbond substituents is 1. The van der Waals surface area contributed by atoms with E-state index in [0.717, 1.165) is 5.56 Å². The molecule has 19 heavy (non-hydrogen) atoms. The van der Waals surface area contributed by atoms with E-state index in [1.54, 1.807) is 20.1 Å². The van der Waals surface area contributed by atoms with Gasteiger partial charge in [0.05, 0.1) is 11.6 Å². The molecule has 1 N–H and O–H groups in total. The quantitative estimate of drug-likeness (QED) is 0.922. The van der Waals surface area contributed by atoms with E-state index >= 15 is 0 Å². The van der Waals surface area contributed by atoms with E-state index in [0.29, 0.717) is 28.1 Å². The number of benzene rings is 2. The van der Waals surface area contributed by atoms with Crippen molar-refractivity contribution in [2.75, 3.05) is 7.11 Å². The molecule has 4 heteroatoms. The van der Waals surface area contributed by atoms with Crippen molar-refractivity contribution in [3.63, 3.8) is 0 Å². The molecule has 3 nitrogen and oxygen atoms in total. The van der Waals surface area contributed by atoms with Crippen LogP contribution in [0.25, 0.3) is 0 Å². The van der Waals surface area contributed by atoms with Crippen LogP contribution in [-0.4, -0.2) is 12.2 Å². The van der Waals surface area contributed by atoms with Crippen LogP contribution in [-0.2, 0) is 6.61 Å². The van der Waals surface area contributed by atoms with Gasteiger partial charge in [0, 0.05) is 5.56 Å². The Balaban J connectivity index is 2.27. The molecule has 100 valence electrons. The Morgan fingerprint density at radius 3 is 2.47 bits per heavy atom. The van der Waals surface area contributed by atoms with Gasteiger partial charge in [-0.2, -0.15) is 0 Å². The Hall–Kier alpha value is -1.68. The van der Waals surface area contributed by atoms with Gasteiger partial charge in [-0.25, -0.2) is 0 Å². The van der Waals surface area contributed by atoms with Gasteiger partial charge in [-0.05, 0) is 34.5 Å². The number of halogens is 1. The highest BCUT2D eigenvalue weighted by Gasteiger charge is 2.16. The molecule has 0 saturated carbocycles. The van der Waals surface area contributed by atoms with E-state index in [1.165, 1.54) is 0 Å². The Bertz CT molecular complexity index is 567. The SMILES string of the molecule is COc1c(C)c(O)cc(Br)c1OCc1ccccc1. The number of hydrogen-bond donors (Lipinski definition) is 1. The lowest BCUT2D eigenvalue weighted by atomic mass is 10.2. The Labute approximate surface area is 120 Å². The average Bonchev–Trinajstić information content (AvgIpc) is 2.42. The van der Waals surface area contributed by atoms with Crippen molar-refractivity contribution in [3.05, 3.63) is 52.0 Å². The molecule has 0 unspecified atom stereocenters. The molecule has 0 heterocycles. The summed E-state index contributed by atoms with van der Waals surface area (Å²) < 4.78 is 11.8. The van der Waals surface area contributed by atoms with Crippen LogP contribution >= 0.6 is 15.9 Å². The third kappa shape index (κ3) is 3.01. The first-order chi connectivity index (χ1) is 9.13. The topological polar surface area (TPSA) is 38.7 Å². The summed E-state index contributed by atoms with van der Waals surface area (Å²) >= 11 is 3.38. The maximum Gasteiger partial charge on any atom is 0.176 e. The van der Waals surface area contributed by atoms with Crippen molar-refractivity contribution in [1.29, 1.82) is 0 Å². The summed E-state index contributed by atoms with van der Waals surface area (Å²) in [6, 6.07) is 11.5. The molecule has 0 saturated heterocycles. The minimum absolute atomic E-state index is 0.177. The lowest BCUT2D eigenvalue weighted by Crippen LogP contribution is -2.00. The first-order valence-electron chi connectivity index (χ1n) is 5.86. The standard InChI is InChI=1S/C15H15BrO3/c1-10-13(17)8-12(16)15(14(10)18-2)19-9-11-6-4-3-5-7-11/h3-8,17H,9H2,1-2H3. The highest BCUT2D eigenvalue weighted by molar-refractivity contribution is 9.10. The summed E-state index contributed by atoms with van der Waals surface area (Å²) in [5.41, 5.74) is 1.73. The van der Waals surface area contributed by atoms with Crippen LogP contribution in [0.4, 0.5) is 0 Å². The van der Waals surface area contributed by atoms with Crippen molar-refractivity contribution in [2.24, 2.45) is 0 Å². The number of rotatable bonds is 4. The van der Waals surface area contributed by atoms with Crippen LogP contribution in [0.3, 0.4) is 0 Å². The molecule has 0 amide bonds. The van der Waals surface area contributed by atoms with E-state index < -0.39 is 0 Å². The first kappa shape index (κ1) is 13.7. The number of ether oxygens (including phenoxy) is 2. The Morgan fingerprint density at radius 1 is 1.16 bits per heavy atom. The van der Waals surface area contributed by atoms with E-state index in [2.05, 4.69) is 15.9 Å². The highest BCUT2D eigenvalue weighted by Crippen LogP contribution is 2.42. The van der Waals surface area contributed by atoms with Crippen LogP contribution in [0.15, 0.2) is 40.9 Å². The summed E-state index contributed by atoms with van der Waals surface area (Å²) in [6.45, 7) is 2.23. The van der Waals surface area contributed by atoms with Gasteiger partial charge >= 0.3 is 0 Å². The molecule has 2 aromatic rings. The smallest absolute Gasteiger partial charge is 0.176 e. The summed E-state index contributed by atoms with van der Waals surface area (Å²) in [4.78, 5) is 0. The van der Waals surface area contributed by atoms with Gasteiger partial charge in [0.1, 0.15) is 12.4 Å². The zero-order chi connectivity index (χ0) is 13.8. The third-order valence-corrected chi connectivity index (χ3v) is 3.43. The van der Waals surface area contributed by atoms with Crippen LogP contribution in [0.5, 0.6) is 17.2 Å². The average molecular weight is 323 g/mol. The van der Waals surface area contributed by atoms with Crippen LogP contribution in [0, 0.1) is 6.92 Å². The fourth-order valence-electron chi connectivity index (χ4n) is 1.80. The monoisotopic (exact) mass is 322 g/mol. The van der Waals surface area contributed by atoms with Gasteiger partial charge in [-0.1, -0.05) is 30.3 Å². The van der Waals surface area contributed by atoms with Gasteiger partial charge in [-0.15, -0.1) is 0 Å². The van der Waals surface area contributed by atoms with Crippen molar-refractivity contribution in [2.45, 2.75) is 13.5 Å². The van der Waals surface area contributed by atoms with Crippen molar-refractivity contribution in [3.8, 4) is 17.2 Å². The van der Waals surface area contributed by atoms with E-state index in [9.17, 15) is 5.11 Å². The Kier molecular flexibility index (Phi) is 4.32. The molecule has 0 radical (unpaired) electrons. The molecule has 0 spiro atoms. The zero-order valence-corrected chi connectivity index (χ0v) is 12.4. The van der Waals surface area contributed by atoms with Gasteiger partial charge in [0.15, 0.2) is 11.5 Å². The minimum atomic E-state index is 0.177. The summed E-state index contributed by atoms with van der Waals surface area (Å²) in [5, 5.41) is 9.76. The lowest BCUT2D eigenvalue weighted by molar-refractivity contribution is 0.280. The molecular formula is C15H15BrO3. The Morgan fingerprint density at radius 2 is 1.84 bits per heavy atom. The number of aromatic hydroxyl groups is 1. The summed E-state index contributed by atoms with van der Waals surface area (Å²) in [6.07, 6.45) is 0. The minimum Gasteiger partial charge on any atom is -0.507 e. The predicted molar refractivity (Wildman–Crippen MR) is 77.9 cm³/mol. The molecule has 0 atom stereocenters. The molecule has 2 rings (SSSR count). The second-order valence-corrected chi connectivity index (χ2v) is 4.99. The second kappa shape index (κ2) is 5.97. The molecule has 0 fully saturated rings. The predicted octanol–water partition coefficient (Wildman–Crippen LogP) is 4.05. The van der Waals surface area contributed by atoms with Gasteiger partial charge in [-0.3, -0.25) is 0 Å². The normalized spacial score (nSPS) is 10.3.